The summed E-state index contributed by atoms with van der Waals surface area (Å²) < 4.78 is 0. The number of nitrogens with zero attached hydrogens (tertiary/aromatic N) is 1. The van der Waals surface area contributed by atoms with Crippen LogP contribution < -0.4 is 0 Å². The zero-order valence-corrected chi connectivity index (χ0v) is 9.31. The van der Waals surface area contributed by atoms with E-state index in [2.05, 4.69) is 39.8 Å². The lowest BCUT2D eigenvalue weighted by atomic mass is 10.1. The largest absolute Gasteiger partial charge is 0.307 e. The Kier molecular flexibility index (Phi) is 9.92. The SMILES string of the molecule is CC.CC(C)CC(C)N(C)C. The molecule has 1 heteroatoms. The van der Waals surface area contributed by atoms with Crippen molar-refractivity contribution in [3.8, 4) is 0 Å². The van der Waals surface area contributed by atoms with Crippen LogP contribution in [0.4, 0.5) is 0 Å². The molecule has 11 heavy (non-hydrogen) atoms. The van der Waals surface area contributed by atoms with Gasteiger partial charge in [0.1, 0.15) is 0 Å². The van der Waals surface area contributed by atoms with Gasteiger partial charge in [0.2, 0.25) is 0 Å². The highest BCUT2D eigenvalue weighted by atomic mass is 15.1. The molecule has 0 aliphatic heterocycles. The summed E-state index contributed by atoms with van der Waals surface area (Å²) in [7, 11) is 4.26. The minimum Gasteiger partial charge on any atom is -0.307 e. The number of hydrogen-bond donors (Lipinski definition) is 0. The molecule has 0 saturated carbocycles. The van der Waals surface area contributed by atoms with E-state index in [9.17, 15) is 0 Å². The summed E-state index contributed by atoms with van der Waals surface area (Å²) in [5.41, 5.74) is 0. The molecule has 1 unspecified atom stereocenters. The Morgan fingerprint density at radius 2 is 1.36 bits per heavy atom. The summed E-state index contributed by atoms with van der Waals surface area (Å²) in [5, 5.41) is 0. The molecule has 0 aliphatic carbocycles. The fourth-order valence-electron chi connectivity index (χ4n) is 0.893. The molecule has 0 aromatic heterocycles. The zero-order chi connectivity index (χ0) is 9.44. The van der Waals surface area contributed by atoms with Gasteiger partial charge in [-0.3, -0.25) is 0 Å². The Bertz CT molecular complexity index is 67.3. The van der Waals surface area contributed by atoms with E-state index < -0.39 is 0 Å². The van der Waals surface area contributed by atoms with Crippen molar-refractivity contribution in [3.05, 3.63) is 0 Å². The Morgan fingerprint density at radius 1 is 1.00 bits per heavy atom. The molecule has 0 N–H and O–H groups in total. The van der Waals surface area contributed by atoms with Gasteiger partial charge in [0.25, 0.3) is 0 Å². The molecule has 0 aromatic carbocycles. The molecule has 0 fully saturated rings. The van der Waals surface area contributed by atoms with E-state index in [0.29, 0.717) is 0 Å². The summed E-state index contributed by atoms with van der Waals surface area (Å²) in [6.07, 6.45) is 1.30. The molecule has 0 rings (SSSR count). The van der Waals surface area contributed by atoms with Crippen molar-refractivity contribution < 1.29 is 0 Å². The van der Waals surface area contributed by atoms with Crippen molar-refractivity contribution in [1.82, 2.24) is 4.90 Å². The minimum absolute atomic E-state index is 0.727. The van der Waals surface area contributed by atoms with Gasteiger partial charge >= 0.3 is 0 Å². The summed E-state index contributed by atoms with van der Waals surface area (Å²) >= 11 is 0. The third kappa shape index (κ3) is 9.96. The monoisotopic (exact) mass is 159 g/mol. The van der Waals surface area contributed by atoms with Crippen LogP contribution in [0.3, 0.4) is 0 Å². The van der Waals surface area contributed by atoms with Crippen molar-refractivity contribution in [1.29, 1.82) is 0 Å². The second-order valence-corrected chi connectivity index (χ2v) is 3.44. The van der Waals surface area contributed by atoms with E-state index in [1.807, 2.05) is 13.8 Å². The van der Waals surface area contributed by atoms with Crippen LogP contribution in [0, 0.1) is 5.92 Å². The molecule has 0 spiro atoms. The first-order valence-corrected chi connectivity index (χ1v) is 4.70. The quantitative estimate of drug-likeness (QED) is 0.612. The highest BCUT2D eigenvalue weighted by Crippen LogP contribution is 2.06. The molecule has 1 nitrogen and oxygen atoms in total. The Hall–Kier alpha value is -0.0400. The van der Waals surface area contributed by atoms with Crippen LogP contribution >= 0.6 is 0 Å². The standard InChI is InChI=1S/C8H19N.C2H6/c1-7(2)6-8(3)9(4)5;1-2/h7-8H,6H2,1-5H3;1-2H3. The fourth-order valence-corrected chi connectivity index (χ4v) is 0.893. The van der Waals surface area contributed by atoms with E-state index in [1.54, 1.807) is 0 Å². The van der Waals surface area contributed by atoms with Crippen molar-refractivity contribution in [3.63, 3.8) is 0 Å². The average Bonchev–Trinajstić information content (AvgIpc) is 1.90. The highest BCUT2D eigenvalue weighted by molar-refractivity contribution is 4.60. The third-order valence-electron chi connectivity index (χ3n) is 1.69. The van der Waals surface area contributed by atoms with Crippen molar-refractivity contribution >= 4 is 0 Å². The van der Waals surface area contributed by atoms with Gasteiger partial charge in [-0.2, -0.15) is 0 Å². The Balaban J connectivity index is 0. The van der Waals surface area contributed by atoms with E-state index in [1.165, 1.54) is 6.42 Å². The summed E-state index contributed by atoms with van der Waals surface area (Å²) in [5.74, 6) is 0.822. The van der Waals surface area contributed by atoms with E-state index >= 15 is 0 Å². The summed E-state index contributed by atoms with van der Waals surface area (Å²) in [6.45, 7) is 10.8. The molecule has 0 bridgehead atoms. The maximum absolute atomic E-state index is 2.26. The lowest BCUT2D eigenvalue weighted by molar-refractivity contribution is 0.274. The second kappa shape index (κ2) is 8.06. The van der Waals surface area contributed by atoms with E-state index in [-0.39, 0.29) is 0 Å². The van der Waals surface area contributed by atoms with Crippen LogP contribution in [0.5, 0.6) is 0 Å². The van der Waals surface area contributed by atoms with Crippen LogP contribution in [0.25, 0.3) is 0 Å². The molecular formula is C10H25N. The smallest absolute Gasteiger partial charge is 0.00632 e. The number of rotatable bonds is 3. The lowest BCUT2D eigenvalue weighted by Gasteiger charge is -2.21. The maximum atomic E-state index is 2.26. The van der Waals surface area contributed by atoms with Gasteiger partial charge in [0, 0.05) is 6.04 Å². The van der Waals surface area contributed by atoms with Crippen LogP contribution in [0.2, 0.25) is 0 Å². The lowest BCUT2D eigenvalue weighted by Crippen LogP contribution is -2.25. The van der Waals surface area contributed by atoms with Crippen molar-refractivity contribution in [2.45, 2.75) is 47.1 Å². The average molecular weight is 159 g/mol. The predicted octanol–water partition coefficient (Wildman–Crippen LogP) is 3.01. The van der Waals surface area contributed by atoms with Crippen LogP contribution in [-0.2, 0) is 0 Å². The van der Waals surface area contributed by atoms with Gasteiger partial charge in [-0.05, 0) is 33.4 Å². The third-order valence-corrected chi connectivity index (χ3v) is 1.69. The van der Waals surface area contributed by atoms with Crippen LogP contribution in [0.1, 0.15) is 41.0 Å². The molecule has 0 radical (unpaired) electrons. The van der Waals surface area contributed by atoms with Crippen LogP contribution in [0.15, 0.2) is 0 Å². The van der Waals surface area contributed by atoms with Crippen molar-refractivity contribution in [2.24, 2.45) is 5.92 Å². The topological polar surface area (TPSA) is 3.24 Å². The minimum atomic E-state index is 0.727. The Morgan fingerprint density at radius 3 is 1.45 bits per heavy atom. The molecule has 0 saturated heterocycles. The van der Waals surface area contributed by atoms with E-state index in [4.69, 9.17) is 0 Å². The molecule has 0 amide bonds. The molecule has 0 aliphatic rings. The molecule has 0 aromatic rings. The van der Waals surface area contributed by atoms with Crippen molar-refractivity contribution in [2.75, 3.05) is 14.1 Å². The normalized spacial score (nSPS) is 12.8. The van der Waals surface area contributed by atoms with Gasteiger partial charge in [0.05, 0.1) is 0 Å². The first-order valence-electron chi connectivity index (χ1n) is 4.70. The van der Waals surface area contributed by atoms with Gasteiger partial charge in [-0.25, -0.2) is 0 Å². The number of hydrogen-bond acceptors (Lipinski definition) is 1. The Labute approximate surface area is 72.8 Å². The molecule has 1 atom stereocenters. The highest BCUT2D eigenvalue weighted by Gasteiger charge is 2.05. The molecule has 70 valence electrons. The van der Waals surface area contributed by atoms with Gasteiger partial charge < -0.3 is 4.90 Å². The second-order valence-electron chi connectivity index (χ2n) is 3.44. The predicted molar refractivity (Wildman–Crippen MR) is 54.0 cm³/mol. The van der Waals surface area contributed by atoms with Crippen LogP contribution in [-0.4, -0.2) is 25.0 Å². The maximum Gasteiger partial charge on any atom is 0.00632 e. The first-order chi connectivity index (χ1) is 5.04. The zero-order valence-electron chi connectivity index (χ0n) is 9.31. The summed E-state index contributed by atoms with van der Waals surface area (Å²) in [4.78, 5) is 2.26. The fraction of sp³-hybridized carbons (Fsp3) is 1.00. The first kappa shape index (κ1) is 13.5. The van der Waals surface area contributed by atoms with Gasteiger partial charge in [-0.1, -0.05) is 27.7 Å². The molecular weight excluding hydrogens is 134 g/mol. The molecule has 0 heterocycles. The van der Waals surface area contributed by atoms with E-state index in [0.717, 1.165) is 12.0 Å². The van der Waals surface area contributed by atoms with Gasteiger partial charge in [-0.15, -0.1) is 0 Å². The summed E-state index contributed by atoms with van der Waals surface area (Å²) in [6, 6.07) is 0.727. The van der Waals surface area contributed by atoms with Gasteiger partial charge in [0.15, 0.2) is 0 Å².